The lowest BCUT2D eigenvalue weighted by Gasteiger charge is -2.03. The summed E-state index contributed by atoms with van der Waals surface area (Å²) >= 11 is 5.73. The van der Waals surface area contributed by atoms with Gasteiger partial charge in [0.1, 0.15) is 11.6 Å². The van der Waals surface area contributed by atoms with Gasteiger partial charge in [0.25, 0.3) is 0 Å². The maximum absolute atomic E-state index is 5.73. The summed E-state index contributed by atoms with van der Waals surface area (Å²) in [5.41, 5.74) is 5.23. The van der Waals surface area contributed by atoms with Gasteiger partial charge in [0.15, 0.2) is 0 Å². The van der Waals surface area contributed by atoms with Crippen molar-refractivity contribution < 1.29 is 4.74 Å². The smallest absolute Gasteiger partial charge is 0.232 e. The van der Waals surface area contributed by atoms with Crippen LogP contribution in [0.25, 0.3) is 0 Å². The molecule has 0 saturated heterocycles. The van der Waals surface area contributed by atoms with Crippen LogP contribution in [0.2, 0.25) is 5.02 Å². The molecule has 5 heteroatoms. The van der Waals surface area contributed by atoms with E-state index in [0.717, 1.165) is 0 Å². The molecule has 0 saturated carbocycles. The SMILES string of the molecule is Cl.NCCOc1ncccc1Cl. The normalized spacial score (nSPS) is 8.83. The monoisotopic (exact) mass is 208 g/mol. The van der Waals surface area contributed by atoms with E-state index in [-0.39, 0.29) is 12.4 Å². The number of nitrogens with two attached hydrogens (primary N) is 1. The molecule has 0 unspecified atom stereocenters. The first-order valence-electron chi connectivity index (χ1n) is 3.28. The van der Waals surface area contributed by atoms with Crippen LogP contribution in [-0.4, -0.2) is 18.1 Å². The number of hydrogen-bond donors (Lipinski definition) is 1. The number of aromatic nitrogens is 1. The van der Waals surface area contributed by atoms with Gasteiger partial charge in [0.2, 0.25) is 5.88 Å². The molecule has 3 nitrogen and oxygen atoms in total. The minimum atomic E-state index is 0. The van der Waals surface area contributed by atoms with Gasteiger partial charge < -0.3 is 10.5 Å². The molecule has 1 aromatic rings. The standard InChI is InChI=1S/C7H9ClN2O.ClH/c8-6-2-1-4-10-7(6)11-5-3-9;/h1-2,4H,3,5,9H2;1H. The molecule has 0 radical (unpaired) electrons. The summed E-state index contributed by atoms with van der Waals surface area (Å²) in [7, 11) is 0. The van der Waals surface area contributed by atoms with Crippen molar-refractivity contribution >= 4 is 24.0 Å². The molecule has 0 spiro atoms. The molecule has 12 heavy (non-hydrogen) atoms. The largest absolute Gasteiger partial charge is 0.475 e. The second kappa shape index (κ2) is 6.06. The first kappa shape index (κ1) is 11.5. The third-order valence-electron chi connectivity index (χ3n) is 1.08. The van der Waals surface area contributed by atoms with Crippen molar-refractivity contribution in [2.75, 3.05) is 13.2 Å². The fourth-order valence-corrected chi connectivity index (χ4v) is 0.809. The van der Waals surface area contributed by atoms with Crippen molar-refractivity contribution in [2.45, 2.75) is 0 Å². The molecule has 0 fully saturated rings. The quantitative estimate of drug-likeness (QED) is 0.820. The Labute approximate surface area is 82.3 Å². The molecule has 0 atom stereocenters. The topological polar surface area (TPSA) is 48.1 Å². The second-order valence-electron chi connectivity index (χ2n) is 1.93. The lowest BCUT2D eigenvalue weighted by molar-refractivity contribution is 0.316. The summed E-state index contributed by atoms with van der Waals surface area (Å²) in [6.45, 7) is 0.906. The van der Waals surface area contributed by atoms with Crippen LogP contribution in [0.15, 0.2) is 18.3 Å². The first-order chi connectivity index (χ1) is 5.34. The maximum atomic E-state index is 5.73. The molecule has 0 aliphatic rings. The molecule has 0 amide bonds. The molecule has 1 heterocycles. The molecule has 2 N–H and O–H groups in total. The van der Waals surface area contributed by atoms with E-state index in [1.165, 1.54) is 0 Å². The summed E-state index contributed by atoms with van der Waals surface area (Å²) in [6.07, 6.45) is 1.62. The number of ether oxygens (including phenoxy) is 1. The Bertz CT molecular complexity index is 232. The van der Waals surface area contributed by atoms with Gasteiger partial charge in [-0.1, -0.05) is 11.6 Å². The van der Waals surface area contributed by atoms with E-state index in [4.69, 9.17) is 22.1 Å². The van der Waals surface area contributed by atoms with Crippen LogP contribution in [-0.2, 0) is 0 Å². The fourth-order valence-electron chi connectivity index (χ4n) is 0.633. The molecular weight excluding hydrogens is 199 g/mol. The Balaban J connectivity index is 0.00000121. The highest BCUT2D eigenvalue weighted by Crippen LogP contribution is 2.19. The molecule has 0 aromatic carbocycles. The summed E-state index contributed by atoms with van der Waals surface area (Å²) in [5.74, 6) is 0.444. The van der Waals surface area contributed by atoms with Crippen molar-refractivity contribution in [3.8, 4) is 5.88 Å². The van der Waals surface area contributed by atoms with E-state index in [2.05, 4.69) is 4.98 Å². The molecule has 0 bridgehead atoms. The summed E-state index contributed by atoms with van der Waals surface area (Å²) < 4.78 is 5.12. The van der Waals surface area contributed by atoms with Gasteiger partial charge in [-0.3, -0.25) is 0 Å². The predicted octanol–water partition coefficient (Wildman–Crippen LogP) is 1.49. The van der Waals surface area contributed by atoms with E-state index >= 15 is 0 Å². The van der Waals surface area contributed by atoms with Gasteiger partial charge in [-0.15, -0.1) is 12.4 Å². The first-order valence-corrected chi connectivity index (χ1v) is 3.66. The number of nitrogens with zero attached hydrogens (tertiary/aromatic N) is 1. The second-order valence-corrected chi connectivity index (χ2v) is 2.33. The fraction of sp³-hybridized carbons (Fsp3) is 0.286. The van der Waals surface area contributed by atoms with Crippen LogP contribution in [0.1, 0.15) is 0 Å². The zero-order valence-electron chi connectivity index (χ0n) is 6.37. The summed E-state index contributed by atoms with van der Waals surface area (Å²) in [5, 5.41) is 0.515. The van der Waals surface area contributed by atoms with Crippen LogP contribution in [0.4, 0.5) is 0 Å². The number of halogens is 2. The van der Waals surface area contributed by atoms with Gasteiger partial charge >= 0.3 is 0 Å². The lowest BCUT2D eigenvalue weighted by atomic mass is 10.5. The lowest BCUT2D eigenvalue weighted by Crippen LogP contribution is -2.11. The zero-order chi connectivity index (χ0) is 8.10. The predicted molar refractivity (Wildman–Crippen MR) is 51.0 cm³/mol. The van der Waals surface area contributed by atoms with E-state index in [1.807, 2.05) is 0 Å². The van der Waals surface area contributed by atoms with Crippen molar-refractivity contribution in [3.05, 3.63) is 23.4 Å². The Hall–Kier alpha value is -0.510. The Kier molecular flexibility index (Phi) is 5.80. The Morgan fingerprint density at radius 3 is 2.92 bits per heavy atom. The van der Waals surface area contributed by atoms with Crippen molar-refractivity contribution in [3.63, 3.8) is 0 Å². The van der Waals surface area contributed by atoms with Crippen LogP contribution in [0, 0.1) is 0 Å². The van der Waals surface area contributed by atoms with E-state index in [0.29, 0.717) is 24.1 Å². The van der Waals surface area contributed by atoms with Crippen molar-refractivity contribution in [1.82, 2.24) is 4.98 Å². The maximum Gasteiger partial charge on any atom is 0.232 e. The van der Waals surface area contributed by atoms with Gasteiger partial charge in [0.05, 0.1) is 0 Å². The van der Waals surface area contributed by atoms with Gasteiger partial charge in [0, 0.05) is 12.7 Å². The zero-order valence-corrected chi connectivity index (χ0v) is 7.94. The van der Waals surface area contributed by atoms with Crippen LogP contribution >= 0.6 is 24.0 Å². The molecule has 0 aliphatic carbocycles. The number of hydrogen-bond acceptors (Lipinski definition) is 3. The van der Waals surface area contributed by atoms with Crippen LogP contribution < -0.4 is 10.5 Å². The average molecular weight is 209 g/mol. The van der Waals surface area contributed by atoms with Crippen LogP contribution in [0.3, 0.4) is 0 Å². The highest BCUT2D eigenvalue weighted by Gasteiger charge is 1.98. The number of rotatable bonds is 3. The average Bonchev–Trinajstić information content (AvgIpc) is 2.03. The van der Waals surface area contributed by atoms with Gasteiger partial charge in [-0.2, -0.15) is 0 Å². The third-order valence-corrected chi connectivity index (χ3v) is 1.37. The third kappa shape index (κ3) is 3.26. The molecule has 1 aromatic heterocycles. The number of pyridine rings is 1. The molecule has 68 valence electrons. The minimum Gasteiger partial charge on any atom is -0.475 e. The van der Waals surface area contributed by atoms with Gasteiger partial charge in [-0.05, 0) is 12.1 Å². The van der Waals surface area contributed by atoms with Crippen LogP contribution in [0.5, 0.6) is 5.88 Å². The minimum absolute atomic E-state index is 0. The Morgan fingerprint density at radius 1 is 1.58 bits per heavy atom. The molecule has 1 rings (SSSR count). The van der Waals surface area contributed by atoms with Gasteiger partial charge in [-0.25, -0.2) is 4.98 Å². The summed E-state index contributed by atoms with van der Waals surface area (Å²) in [4.78, 5) is 3.91. The van der Waals surface area contributed by atoms with E-state index in [1.54, 1.807) is 18.3 Å². The summed E-state index contributed by atoms with van der Waals surface area (Å²) in [6, 6.07) is 3.47. The Morgan fingerprint density at radius 2 is 2.33 bits per heavy atom. The molecule has 0 aliphatic heterocycles. The van der Waals surface area contributed by atoms with E-state index in [9.17, 15) is 0 Å². The molecular formula is C7H10Cl2N2O. The van der Waals surface area contributed by atoms with Crippen molar-refractivity contribution in [2.24, 2.45) is 5.73 Å². The van der Waals surface area contributed by atoms with Crippen molar-refractivity contribution in [1.29, 1.82) is 0 Å². The highest BCUT2D eigenvalue weighted by atomic mass is 35.5. The van der Waals surface area contributed by atoms with E-state index < -0.39 is 0 Å². The highest BCUT2D eigenvalue weighted by molar-refractivity contribution is 6.31.